The summed E-state index contributed by atoms with van der Waals surface area (Å²) < 4.78 is 0. The van der Waals surface area contributed by atoms with E-state index in [-0.39, 0.29) is 5.91 Å². The minimum absolute atomic E-state index is 0.127. The van der Waals surface area contributed by atoms with Crippen LogP contribution in [0.4, 0.5) is 11.6 Å². The molecule has 0 radical (unpaired) electrons. The molecule has 116 valence electrons. The number of nitrogens with zero attached hydrogens (tertiary/aromatic N) is 4. The number of likely N-dealkylation sites (N-methyl/N-ethyl adjacent to an activating group) is 1. The van der Waals surface area contributed by atoms with E-state index in [0.717, 1.165) is 31.1 Å². The molecule has 21 heavy (non-hydrogen) atoms. The van der Waals surface area contributed by atoms with E-state index < -0.39 is 0 Å². The quantitative estimate of drug-likeness (QED) is 0.893. The van der Waals surface area contributed by atoms with Gasteiger partial charge in [-0.2, -0.15) is 0 Å². The first kappa shape index (κ1) is 15.5. The maximum Gasteiger partial charge on any atom is 0.241 e. The van der Waals surface area contributed by atoms with Gasteiger partial charge in [0.05, 0.1) is 6.54 Å². The highest BCUT2D eigenvalue weighted by molar-refractivity contribution is 5.82. The Morgan fingerprint density at radius 2 is 2.10 bits per heavy atom. The van der Waals surface area contributed by atoms with Crippen LogP contribution in [0.5, 0.6) is 0 Å². The third-order valence-corrected chi connectivity index (χ3v) is 4.31. The number of aromatic nitrogens is 2. The highest BCUT2D eigenvalue weighted by Crippen LogP contribution is 2.18. The average Bonchev–Trinajstić information content (AvgIpc) is 2.49. The monoisotopic (exact) mass is 291 g/mol. The fourth-order valence-corrected chi connectivity index (χ4v) is 2.28. The van der Waals surface area contributed by atoms with Crippen molar-refractivity contribution in [2.24, 2.45) is 5.92 Å². The van der Waals surface area contributed by atoms with Gasteiger partial charge in [-0.05, 0) is 12.8 Å². The van der Waals surface area contributed by atoms with E-state index in [0.29, 0.717) is 18.5 Å². The zero-order valence-electron chi connectivity index (χ0n) is 13.3. The molecule has 2 rings (SSSR count). The Kier molecular flexibility index (Phi) is 4.98. The largest absolute Gasteiger partial charge is 0.367 e. The van der Waals surface area contributed by atoms with Gasteiger partial charge < -0.3 is 15.1 Å². The van der Waals surface area contributed by atoms with Gasteiger partial charge in [-0.25, -0.2) is 9.97 Å². The first-order valence-corrected chi connectivity index (χ1v) is 7.58. The molecule has 1 aliphatic heterocycles. The summed E-state index contributed by atoms with van der Waals surface area (Å²) in [5.41, 5.74) is 0. The number of piperazine rings is 1. The zero-order valence-corrected chi connectivity index (χ0v) is 13.3. The summed E-state index contributed by atoms with van der Waals surface area (Å²) in [7, 11) is 1.83. The van der Waals surface area contributed by atoms with Crippen LogP contribution in [0.15, 0.2) is 12.4 Å². The van der Waals surface area contributed by atoms with Crippen molar-refractivity contribution in [2.75, 3.05) is 36.9 Å². The number of hydrogen-bond donors (Lipinski definition) is 1. The lowest BCUT2D eigenvalue weighted by Gasteiger charge is -2.32. The van der Waals surface area contributed by atoms with E-state index in [1.54, 1.807) is 11.2 Å². The highest BCUT2D eigenvalue weighted by atomic mass is 16.2. The SMILES string of the molecule is CCC(C)C(C)Nc1cc(N2CCN(C)C(=O)C2)ncn1. The first-order valence-electron chi connectivity index (χ1n) is 7.58. The normalized spacial score (nSPS) is 18.6. The van der Waals surface area contributed by atoms with E-state index in [1.165, 1.54) is 0 Å². The number of anilines is 2. The molecule has 1 aromatic heterocycles. The molecule has 2 heterocycles. The topological polar surface area (TPSA) is 61.4 Å². The van der Waals surface area contributed by atoms with Crippen molar-refractivity contribution in [2.45, 2.75) is 33.2 Å². The van der Waals surface area contributed by atoms with Gasteiger partial charge >= 0.3 is 0 Å². The van der Waals surface area contributed by atoms with Crippen LogP contribution in [0.1, 0.15) is 27.2 Å². The van der Waals surface area contributed by atoms with E-state index in [2.05, 4.69) is 36.1 Å². The smallest absolute Gasteiger partial charge is 0.241 e. The van der Waals surface area contributed by atoms with Gasteiger partial charge in [0.15, 0.2) is 0 Å². The Labute approximate surface area is 126 Å². The number of nitrogens with one attached hydrogen (secondary N) is 1. The van der Waals surface area contributed by atoms with Gasteiger partial charge in [0.25, 0.3) is 0 Å². The van der Waals surface area contributed by atoms with Gasteiger partial charge in [0.2, 0.25) is 5.91 Å². The minimum Gasteiger partial charge on any atom is -0.367 e. The molecule has 2 unspecified atom stereocenters. The molecular weight excluding hydrogens is 266 g/mol. The van der Waals surface area contributed by atoms with E-state index in [9.17, 15) is 4.79 Å². The third-order valence-electron chi connectivity index (χ3n) is 4.31. The van der Waals surface area contributed by atoms with Crippen LogP contribution in [0.2, 0.25) is 0 Å². The van der Waals surface area contributed by atoms with E-state index >= 15 is 0 Å². The second kappa shape index (κ2) is 6.74. The molecule has 1 saturated heterocycles. The van der Waals surface area contributed by atoms with Crippen molar-refractivity contribution >= 4 is 17.5 Å². The molecule has 0 aromatic carbocycles. The molecular formula is C15H25N5O. The van der Waals surface area contributed by atoms with Gasteiger partial charge in [-0.1, -0.05) is 20.3 Å². The lowest BCUT2D eigenvalue weighted by Crippen LogP contribution is -2.48. The van der Waals surface area contributed by atoms with Crippen molar-refractivity contribution in [3.8, 4) is 0 Å². The Balaban J connectivity index is 2.06. The lowest BCUT2D eigenvalue weighted by atomic mass is 10.0. The summed E-state index contributed by atoms with van der Waals surface area (Å²) in [6.45, 7) is 8.49. The van der Waals surface area contributed by atoms with Crippen molar-refractivity contribution in [1.29, 1.82) is 0 Å². The highest BCUT2D eigenvalue weighted by Gasteiger charge is 2.22. The molecule has 0 spiro atoms. The second-order valence-electron chi connectivity index (χ2n) is 5.82. The number of carbonyl (C=O) groups excluding carboxylic acids is 1. The van der Waals surface area contributed by atoms with Crippen LogP contribution >= 0.6 is 0 Å². The fourth-order valence-electron chi connectivity index (χ4n) is 2.28. The van der Waals surface area contributed by atoms with Crippen LogP contribution in [-0.2, 0) is 4.79 Å². The van der Waals surface area contributed by atoms with Gasteiger partial charge in [0, 0.05) is 32.2 Å². The Morgan fingerprint density at radius 3 is 2.76 bits per heavy atom. The summed E-state index contributed by atoms with van der Waals surface area (Å²) >= 11 is 0. The van der Waals surface area contributed by atoms with Crippen LogP contribution in [0, 0.1) is 5.92 Å². The minimum atomic E-state index is 0.127. The van der Waals surface area contributed by atoms with Crippen molar-refractivity contribution in [3.63, 3.8) is 0 Å². The molecule has 0 bridgehead atoms. The number of carbonyl (C=O) groups is 1. The van der Waals surface area contributed by atoms with Crippen molar-refractivity contribution < 1.29 is 4.79 Å². The number of amides is 1. The molecule has 6 nitrogen and oxygen atoms in total. The van der Waals surface area contributed by atoms with E-state index in [4.69, 9.17) is 0 Å². The number of rotatable bonds is 5. The van der Waals surface area contributed by atoms with Crippen molar-refractivity contribution in [3.05, 3.63) is 12.4 Å². The summed E-state index contributed by atoms with van der Waals surface area (Å²) in [4.78, 5) is 24.1. The zero-order chi connectivity index (χ0) is 15.4. The van der Waals surface area contributed by atoms with Gasteiger partial charge in [0.1, 0.15) is 18.0 Å². The Hall–Kier alpha value is -1.85. The average molecular weight is 291 g/mol. The third kappa shape index (κ3) is 3.83. The predicted molar refractivity (Wildman–Crippen MR) is 84.4 cm³/mol. The molecule has 0 saturated carbocycles. The summed E-state index contributed by atoms with van der Waals surface area (Å²) in [5, 5.41) is 3.42. The second-order valence-corrected chi connectivity index (χ2v) is 5.82. The molecule has 1 N–H and O–H groups in total. The first-order chi connectivity index (χ1) is 10.0. The predicted octanol–water partition coefficient (Wildman–Crippen LogP) is 1.60. The summed E-state index contributed by atoms with van der Waals surface area (Å²) in [5.74, 6) is 2.33. The molecule has 1 amide bonds. The maximum absolute atomic E-state index is 11.8. The molecule has 6 heteroatoms. The number of hydrogen-bond acceptors (Lipinski definition) is 5. The van der Waals surface area contributed by atoms with Gasteiger partial charge in [-0.15, -0.1) is 0 Å². The van der Waals surface area contributed by atoms with Gasteiger partial charge in [-0.3, -0.25) is 4.79 Å². The Morgan fingerprint density at radius 1 is 1.33 bits per heavy atom. The fraction of sp³-hybridized carbons (Fsp3) is 0.667. The molecule has 2 atom stereocenters. The van der Waals surface area contributed by atoms with Crippen LogP contribution in [0.3, 0.4) is 0 Å². The molecule has 1 aromatic rings. The van der Waals surface area contributed by atoms with Crippen LogP contribution in [-0.4, -0.2) is 53.5 Å². The lowest BCUT2D eigenvalue weighted by molar-refractivity contribution is -0.129. The maximum atomic E-state index is 11.8. The molecule has 1 fully saturated rings. The summed E-state index contributed by atoms with van der Waals surface area (Å²) in [6.07, 6.45) is 2.68. The van der Waals surface area contributed by atoms with E-state index in [1.807, 2.05) is 18.0 Å². The van der Waals surface area contributed by atoms with Crippen LogP contribution in [0.25, 0.3) is 0 Å². The molecule has 1 aliphatic rings. The van der Waals surface area contributed by atoms with Crippen molar-refractivity contribution in [1.82, 2.24) is 14.9 Å². The molecule has 0 aliphatic carbocycles. The van der Waals surface area contributed by atoms with Crippen LogP contribution < -0.4 is 10.2 Å². The Bertz CT molecular complexity index is 493. The standard InChI is InChI=1S/C15H25N5O/c1-5-11(2)12(3)18-13-8-14(17-10-16-13)20-7-6-19(4)15(21)9-20/h8,10-12H,5-7,9H2,1-4H3,(H,16,17,18). The summed E-state index contributed by atoms with van der Waals surface area (Å²) in [6, 6.07) is 2.28.